The number of aromatic amines is 1. The second-order valence-electron chi connectivity index (χ2n) is 15.5. The normalized spacial score (nSPS) is 19.5. The number of fused-ring (bicyclic) bond motifs is 4. The lowest BCUT2D eigenvalue weighted by Gasteiger charge is -2.38. The van der Waals surface area contributed by atoms with Gasteiger partial charge in [-0.25, -0.2) is 8.78 Å². The van der Waals surface area contributed by atoms with Crippen LogP contribution in [0.25, 0.3) is 33.0 Å². The lowest BCUT2D eigenvalue weighted by Crippen LogP contribution is -2.41. The zero-order valence-electron chi connectivity index (χ0n) is 31.7. The molecule has 8 nitrogen and oxygen atoms in total. The number of amides is 2. The Morgan fingerprint density at radius 2 is 1.21 bits per heavy atom. The molecule has 4 aliphatic heterocycles. The van der Waals surface area contributed by atoms with Crippen molar-refractivity contribution in [2.75, 3.05) is 36.8 Å². The van der Waals surface area contributed by atoms with Crippen LogP contribution < -0.4 is 10.6 Å². The van der Waals surface area contributed by atoms with Crippen LogP contribution in [0.5, 0.6) is 0 Å². The van der Waals surface area contributed by atoms with Gasteiger partial charge in [-0.05, 0) is 148 Å². The summed E-state index contributed by atoms with van der Waals surface area (Å²) in [5.74, 6) is -1.21. The Balaban J connectivity index is 0.000000148. The number of rotatable bonds is 6. The molecule has 2 aromatic heterocycles. The predicted molar refractivity (Wildman–Crippen MR) is 222 cm³/mol. The number of carbonyl (C=O) groups excluding carboxylic acids is 2. The summed E-state index contributed by atoms with van der Waals surface area (Å²) >= 11 is 0. The third-order valence-electron chi connectivity index (χ3n) is 12.0. The quantitative estimate of drug-likeness (QED) is 0.157. The van der Waals surface area contributed by atoms with Crippen molar-refractivity contribution in [3.05, 3.63) is 143 Å². The molecule has 2 fully saturated rings. The van der Waals surface area contributed by atoms with E-state index in [0.29, 0.717) is 28.9 Å². The number of nitrogens with one attached hydrogen (secondary N) is 3. The largest absolute Gasteiger partial charge is 0.464 e. The molecule has 290 valence electrons. The second kappa shape index (κ2) is 16.0. The Morgan fingerprint density at radius 1 is 0.649 bits per heavy atom. The SMILES string of the molecule is O=C(Nc1ccc2[nH]cc(C3=CCN4CCCC4C3)c2c1)c1ccc(F)cc1.O=C(Nc1ccc2occ(C3=CCN4CCCCC4C3)c2c1)c1ccc(F)cc1. The van der Waals surface area contributed by atoms with Crippen LogP contribution in [0.3, 0.4) is 0 Å². The van der Waals surface area contributed by atoms with Crippen LogP contribution in [0.4, 0.5) is 20.2 Å². The van der Waals surface area contributed by atoms with E-state index in [0.717, 1.165) is 59.1 Å². The van der Waals surface area contributed by atoms with E-state index in [4.69, 9.17) is 4.42 Å². The van der Waals surface area contributed by atoms with Gasteiger partial charge >= 0.3 is 0 Å². The van der Waals surface area contributed by atoms with Gasteiger partial charge in [0.25, 0.3) is 11.8 Å². The van der Waals surface area contributed by atoms with Crippen LogP contribution in [0.15, 0.2) is 114 Å². The van der Waals surface area contributed by atoms with Crippen LogP contribution in [-0.2, 0) is 0 Å². The predicted octanol–water partition coefficient (Wildman–Crippen LogP) is 10.3. The number of H-pyrrole nitrogens is 1. The third kappa shape index (κ3) is 7.93. The van der Waals surface area contributed by atoms with E-state index < -0.39 is 0 Å². The molecule has 0 bridgehead atoms. The number of benzene rings is 4. The summed E-state index contributed by atoms with van der Waals surface area (Å²) in [5.41, 5.74) is 9.22. The third-order valence-corrected chi connectivity index (χ3v) is 12.0. The number of aromatic nitrogens is 1. The molecular weight excluding hydrogens is 721 g/mol. The highest BCUT2D eigenvalue weighted by atomic mass is 19.1. The number of anilines is 2. The molecule has 0 aliphatic carbocycles. The van der Waals surface area contributed by atoms with Crippen molar-refractivity contribution in [2.45, 2.75) is 57.0 Å². The molecule has 0 spiro atoms. The van der Waals surface area contributed by atoms with Crippen LogP contribution in [-0.4, -0.2) is 64.9 Å². The van der Waals surface area contributed by atoms with Gasteiger partial charge in [-0.3, -0.25) is 19.4 Å². The molecule has 4 aromatic carbocycles. The highest BCUT2D eigenvalue weighted by Gasteiger charge is 2.29. The van der Waals surface area contributed by atoms with Crippen molar-refractivity contribution >= 4 is 56.2 Å². The monoisotopic (exact) mass is 765 g/mol. The molecule has 10 heteroatoms. The Labute approximate surface area is 330 Å². The van der Waals surface area contributed by atoms with Gasteiger partial charge in [0.05, 0.1) is 6.26 Å². The van der Waals surface area contributed by atoms with Gasteiger partial charge < -0.3 is 20.0 Å². The average molecular weight is 766 g/mol. The highest BCUT2D eigenvalue weighted by Crippen LogP contribution is 2.38. The van der Waals surface area contributed by atoms with E-state index in [-0.39, 0.29) is 23.4 Å². The van der Waals surface area contributed by atoms with Crippen LogP contribution >= 0.6 is 0 Å². The molecule has 3 N–H and O–H groups in total. The summed E-state index contributed by atoms with van der Waals surface area (Å²) in [4.78, 5) is 33.4. The molecule has 2 saturated heterocycles. The first-order valence-electron chi connectivity index (χ1n) is 20.0. The molecule has 2 atom stereocenters. The molecule has 2 unspecified atom stereocenters. The summed E-state index contributed by atoms with van der Waals surface area (Å²) in [5, 5.41) is 7.96. The second-order valence-corrected chi connectivity index (χ2v) is 15.5. The van der Waals surface area contributed by atoms with E-state index in [1.807, 2.05) is 42.7 Å². The molecule has 10 rings (SSSR count). The smallest absolute Gasteiger partial charge is 0.255 e. The first-order chi connectivity index (χ1) is 27.8. The van der Waals surface area contributed by atoms with E-state index >= 15 is 0 Å². The lowest BCUT2D eigenvalue weighted by molar-refractivity contribution is 0.101. The molecular formula is C47H45F2N5O3. The van der Waals surface area contributed by atoms with Crippen molar-refractivity contribution in [3.63, 3.8) is 0 Å². The van der Waals surface area contributed by atoms with Crippen LogP contribution in [0.2, 0.25) is 0 Å². The fourth-order valence-electron chi connectivity index (χ4n) is 8.90. The maximum atomic E-state index is 13.1. The van der Waals surface area contributed by atoms with Crippen molar-refractivity contribution in [1.29, 1.82) is 0 Å². The Morgan fingerprint density at radius 3 is 1.86 bits per heavy atom. The molecule has 2 amide bonds. The van der Waals surface area contributed by atoms with E-state index in [9.17, 15) is 18.4 Å². The number of furan rings is 1. The lowest BCUT2D eigenvalue weighted by atomic mass is 9.89. The topological polar surface area (TPSA) is 93.6 Å². The highest BCUT2D eigenvalue weighted by molar-refractivity contribution is 6.06. The molecule has 4 aliphatic rings. The van der Waals surface area contributed by atoms with Gasteiger partial charge in [0, 0.05) is 81.3 Å². The minimum Gasteiger partial charge on any atom is -0.464 e. The van der Waals surface area contributed by atoms with Crippen LogP contribution in [0, 0.1) is 11.6 Å². The molecule has 6 aromatic rings. The minimum atomic E-state index is -0.358. The Hall–Kier alpha value is -5.84. The summed E-state index contributed by atoms with van der Waals surface area (Å²) in [6.45, 7) is 4.42. The number of nitrogens with zero attached hydrogens (tertiary/aromatic N) is 2. The first kappa shape index (κ1) is 36.8. The Kier molecular flexibility index (Phi) is 10.3. The molecule has 0 radical (unpaired) electrons. The van der Waals surface area contributed by atoms with Crippen molar-refractivity contribution in [2.24, 2.45) is 0 Å². The average Bonchev–Trinajstić information content (AvgIpc) is 4.00. The van der Waals surface area contributed by atoms with Crippen molar-refractivity contribution in [3.8, 4) is 0 Å². The van der Waals surface area contributed by atoms with Crippen molar-refractivity contribution in [1.82, 2.24) is 14.8 Å². The van der Waals surface area contributed by atoms with E-state index in [1.165, 1.54) is 110 Å². The summed E-state index contributed by atoms with van der Waals surface area (Å²) in [7, 11) is 0. The molecule has 57 heavy (non-hydrogen) atoms. The Bertz CT molecular complexity index is 2500. The maximum Gasteiger partial charge on any atom is 0.255 e. The van der Waals surface area contributed by atoms with Gasteiger partial charge in [0.15, 0.2) is 0 Å². The van der Waals surface area contributed by atoms with Gasteiger partial charge in [-0.2, -0.15) is 0 Å². The van der Waals surface area contributed by atoms with Crippen LogP contribution in [0.1, 0.15) is 76.8 Å². The van der Waals surface area contributed by atoms with E-state index in [1.54, 1.807) is 0 Å². The number of carbonyl (C=O) groups is 2. The van der Waals surface area contributed by atoms with Gasteiger partial charge in [0.1, 0.15) is 17.2 Å². The van der Waals surface area contributed by atoms with Crippen molar-refractivity contribution < 1.29 is 22.8 Å². The number of piperidine rings is 1. The zero-order chi connectivity index (χ0) is 38.9. The summed E-state index contributed by atoms with van der Waals surface area (Å²) < 4.78 is 32.0. The fourth-order valence-corrected chi connectivity index (χ4v) is 8.90. The molecule has 6 heterocycles. The number of halogens is 2. The first-order valence-corrected chi connectivity index (χ1v) is 20.0. The van der Waals surface area contributed by atoms with Gasteiger partial charge in [0.2, 0.25) is 0 Å². The van der Waals surface area contributed by atoms with Gasteiger partial charge in [-0.1, -0.05) is 18.6 Å². The number of hydrogen-bond acceptors (Lipinski definition) is 5. The maximum absolute atomic E-state index is 13.1. The zero-order valence-corrected chi connectivity index (χ0v) is 31.7. The number of hydrogen-bond donors (Lipinski definition) is 3. The fraction of sp³-hybridized carbons (Fsp3) is 0.277. The summed E-state index contributed by atoms with van der Waals surface area (Å²) in [6, 6.07) is 24.0. The summed E-state index contributed by atoms with van der Waals surface area (Å²) in [6.07, 6.45) is 17.1. The standard InChI is InChI=1S/C24H23FN2O2.C23H22FN3O/c25-18-6-4-16(5-7-18)24(28)26-19-8-9-23-21(14-19)22(15-29-23)17-10-12-27-11-2-1-3-20(27)13-17;24-17-5-3-15(4-6-17)23(28)26-18-7-8-22-20(13-18)21(14-25-22)16-9-11-27-10-1-2-19(27)12-16/h4-10,14-15,20H,1-3,11-13H2,(H,26,28);3-9,13-14,19,25H,1-2,10-12H2,(H,26,28). The minimum absolute atomic E-state index is 0.241. The van der Waals surface area contributed by atoms with Gasteiger partial charge in [-0.15, -0.1) is 0 Å². The van der Waals surface area contributed by atoms with E-state index in [2.05, 4.69) is 43.8 Å². The molecule has 0 saturated carbocycles.